The molecule has 2 aliphatic heterocycles. The van der Waals surface area contributed by atoms with Crippen LogP contribution in [0, 0.1) is 0 Å². The summed E-state index contributed by atoms with van der Waals surface area (Å²) in [4.78, 5) is 26.7. The Balaban J connectivity index is 1.84. The van der Waals surface area contributed by atoms with Crippen LogP contribution in [0.2, 0.25) is 5.02 Å². The molecule has 3 N–H and O–H groups in total. The van der Waals surface area contributed by atoms with Crippen LogP contribution in [0.5, 0.6) is 5.75 Å². The summed E-state index contributed by atoms with van der Waals surface area (Å²) in [5.41, 5.74) is 9.34. The number of amides is 2. The third-order valence-corrected chi connectivity index (χ3v) is 5.83. The van der Waals surface area contributed by atoms with E-state index in [0.717, 1.165) is 42.7 Å². The molecule has 146 valence electrons. The molecular formula is C21H22ClN3O3. The Bertz CT molecular complexity index is 954. The van der Waals surface area contributed by atoms with Gasteiger partial charge < -0.3 is 20.7 Å². The Labute approximate surface area is 168 Å². The minimum atomic E-state index is -0.471. The van der Waals surface area contributed by atoms with Crippen LogP contribution in [0.4, 0.5) is 11.4 Å². The van der Waals surface area contributed by atoms with Crippen molar-refractivity contribution >= 4 is 34.8 Å². The molecule has 2 amide bonds. The molecule has 0 saturated carbocycles. The Kier molecular flexibility index (Phi) is 4.89. The van der Waals surface area contributed by atoms with E-state index in [9.17, 15) is 9.59 Å². The fourth-order valence-electron chi connectivity index (χ4n) is 4.11. The van der Waals surface area contributed by atoms with Crippen LogP contribution < -0.4 is 20.7 Å². The lowest BCUT2D eigenvalue weighted by Crippen LogP contribution is -2.27. The molecule has 1 atom stereocenters. The van der Waals surface area contributed by atoms with Crippen molar-refractivity contribution in [3.8, 4) is 5.75 Å². The van der Waals surface area contributed by atoms with E-state index in [0.29, 0.717) is 22.0 Å². The first-order chi connectivity index (χ1) is 13.5. The van der Waals surface area contributed by atoms with Crippen molar-refractivity contribution in [3.05, 3.63) is 52.0 Å². The fourth-order valence-corrected chi connectivity index (χ4v) is 4.41. The molecular weight excluding hydrogens is 378 g/mol. The summed E-state index contributed by atoms with van der Waals surface area (Å²) in [5, 5.41) is 3.47. The number of fused-ring (bicyclic) bond motifs is 1. The van der Waals surface area contributed by atoms with Gasteiger partial charge in [0.05, 0.1) is 18.4 Å². The minimum absolute atomic E-state index is 0.0800. The molecule has 0 aliphatic carbocycles. The number of anilines is 2. The number of carbonyl (C=O) groups is 2. The summed E-state index contributed by atoms with van der Waals surface area (Å²) in [6, 6.07) is 9.11. The largest absolute Gasteiger partial charge is 0.497 e. The van der Waals surface area contributed by atoms with Crippen molar-refractivity contribution in [2.24, 2.45) is 5.73 Å². The fraction of sp³-hybridized carbons (Fsp3) is 0.333. The van der Waals surface area contributed by atoms with Crippen LogP contribution in [-0.2, 0) is 4.79 Å². The molecule has 6 nitrogen and oxygen atoms in total. The van der Waals surface area contributed by atoms with Gasteiger partial charge in [-0.3, -0.25) is 9.59 Å². The van der Waals surface area contributed by atoms with Gasteiger partial charge in [-0.2, -0.15) is 0 Å². The van der Waals surface area contributed by atoms with E-state index in [1.54, 1.807) is 13.2 Å². The van der Waals surface area contributed by atoms with Crippen molar-refractivity contribution < 1.29 is 14.3 Å². The zero-order valence-electron chi connectivity index (χ0n) is 15.6. The number of benzene rings is 2. The molecule has 1 unspecified atom stereocenters. The van der Waals surface area contributed by atoms with Crippen LogP contribution in [0.15, 0.2) is 30.3 Å². The maximum absolute atomic E-state index is 12.4. The smallest absolute Gasteiger partial charge is 0.250 e. The highest BCUT2D eigenvalue weighted by molar-refractivity contribution is 6.31. The van der Waals surface area contributed by atoms with E-state index >= 15 is 0 Å². The first-order valence-electron chi connectivity index (χ1n) is 9.34. The van der Waals surface area contributed by atoms with Gasteiger partial charge in [-0.1, -0.05) is 17.7 Å². The van der Waals surface area contributed by atoms with E-state index in [2.05, 4.69) is 10.2 Å². The maximum Gasteiger partial charge on any atom is 0.250 e. The standard InChI is InChI=1S/C21H22ClN3O3/c1-28-12-4-5-13(17(22)8-12)14-10-20(26)24-18-11-19(25-6-2-3-7-25)16(21(23)27)9-15(14)18/h4-5,8-9,11,14H,2-3,6-7,10H2,1H3,(H2,23,27)(H,24,26). The first kappa shape index (κ1) is 18.6. The average Bonchev–Trinajstić information content (AvgIpc) is 3.20. The van der Waals surface area contributed by atoms with Crippen molar-refractivity contribution in [1.82, 2.24) is 0 Å². The van der Waals surface area contributed by atoms with Gasteiger partial charge in [0.1, 0.15) is 5.75 Å². The second-order valence-corrected chi connectivity index (χ2v) is 7.61. The number of primary amides is 1. The van der Waals surface area contributed by atoms with Crippen LogP contribution >= 0.6 is 11.6 Å². The molecule has 2 heterocycles. The van der Waals surface area contributed by atoms with E-state index < -0.39 is 5.91 Å². The van der Waals surface area contributed by atoms with Crippen LogP contribution in [0.1, 0.15) is 46.7 Å². The van der Waals surface area contributed by atoms with Gasteiger partial charge in [0, 0.05) is 36.1 Å². The first-order valence-corrected chi connectivity index (χ1v) is 9.71. The highest BCUT2D eigenvalue weighted by Gasteiger charge is 2.31. The van der Waals surface area contributed by atoms with Crippen molar-refractivity contribution in [2.45, 2.75) is 25.2 Å². The molecule has 2 aromatic carbocycles. The predicted octanol–water partition coefficient (Wildman–Crippen LogP) is 3.52. The lowest BCUT2D eigenvalue weighted by Gasteiger charge is -2.30. The van der Waals surface area contributed by atoms with Gasteiger partial charge in [-0.15, -0.1) is 0 Å². The molecule has 1 fully saturated rings. The summed E-state index contributed by atoms with van der Waals surface area (Å²) in [6.45, 7) is 1.75. The number of hydrogen-bond donors (Lipinski definition) is 2. The summed E-state index contributed by atoms with van der Waals surface area (Å²) in [5.74, 6) is -0.158. The zero-order valence-corrected chi connectivity index (χ0v) is 16.4. The summed E-state index contributed by atoms with van der Waals surface area (Å²) < 4.78 is 5.22. The summed E-state index contributed by atoms with van der Waals surface area (Å²) >= 11 is 6.48. The Morgan fingerprint density at radius 3 is 2.61 bits per heavy atom. The highest BCUT2D eigenvalue weighted by atomic mass is 35.5. The second kappa shape index (κ2) is 7.36. The third kappa shape index (κ3) is 3.29. The summed E-state index contributed by atoms with van der Waals surface area (Å²) in [7, 11) is 1.58. The topological polar surface area (TPSA) is 84.7 Å². The quantitative estimate of drug-likeness (QED) is 0.823. The van der Waals surface area contributed by atoms with Gasteiger partial charge in [-0.05, 0) is 48.2 Å². The summed E-state index contributed by atoms with van der Waals surface area (Å²) in [6.07, 6.45) is 2.40. The Morgan fingerprint density at radius 1 is 1.21 bits per heavy atom. The van der Waals surface area contributed by atoms with Gasteiger partial charge >= 0.3 is 0 Å². The number of ether oxygens (including phenoxy) is 1. The van der Waals surface area contributed by atoms with Crippen LogP contribution in [0.25, 0.3) is 0 Å². The minimum Gasteiger partial charge on any atom is -0.497 e. The second-order valence-electron chi connectivity index (χ2n) is 7.21. The molecule has 0 radical (unpaired) electrons. The van der Waals surface area contributed by atoms with Crippen LogP contribution in [0.3, 0.4) is 0 Å². The lowest BCUT2D eigenvalue weighted by atomic mass is 9.83. The Hall–Kier alpha value is -2.73. The maximum atomic E-state index is 12.4. The molecule has 2 aliphatic rings. The SMILES string of the molecule is COc1ccc(C2CC(=O)Nc3cc(N4CCCC4)c(C(N)=O)cc32)c(Cl)c1. The lowest BCUT2D eigenvalue weighted by molar-refractivity contribution is -0.116. The monoisotopic (exact) mass is 399 g/mol. The molecule has 0 spiro atoms. The number of nitrogens with zero attached hydrogens (tertiary/aromatic N) is 1. The number of nitrogens with one attached hydrogen (secondary N) is 1. The van der Waals surface area contributed by atoms with E-state index in [4.69, 9.17) is 22.1 Å². The van der Waals surface area contributed by atoms with Gasteiger partial charge in [0.15, 0.2) is 0 Å². The molecule has 1 saturated heterocycles. The molecule has 7 heteroatoms. The Morgan fingerprint density at radius 2 is 1.96 bits per heavy atom. The number of halogens is 1. The number of hydrogen-bond acceptors (Lipinski definition) is 4. The van der Waals surface area contributed by atoms with Crippen molar-refractivity contribution in [1.29, 1.82) is 0 Å². The number of carbonyl (C=O) groups excluding carboxylic acids is 2. The molecule has 0 bridgehead atoms. The normalized spacial score (nSPS) is 18.6. The third-order valence-electron chi connectivity index (χ3n) is 5.50. The number of nitrogens with two attached hydrogens (primary N) is 1. The van der Waals surface area contributed by atoms with E-state index in [1.807, 2.05) is 24.3 Å². The predicted molar refractivity (Wildman–Crippen MR) is 110 cm³/mol. The molecule has 2 aromatic rings. The van der Waals surface area contributed by atoms with Gasteiger partial charge in [0.2, 0.25) is 5.91 Å². The van der Waals surface area contributed by atoms with Crippen molar-refractivity contribution in [2.75, 3.05) is 30.4 Å². The van der Waals surface area contributed by atoms with E-state index in [-0.39, 0.29) is 18.2 Å². The molecule has 0 aromatic heterocycles. The van der Waals surface area contributed by atoms with E-state index in [1.165, 1.54) is 0 Å². The average molecular weight is 400 g/mol. The number of rotatable bonds is 4. The highest BCUT2D eigenvalue weighted by Crippen LogP contribution is 2.43. The van der Waals surface area contributed by atoms with Crippen LogP contribution in [-0.4, -0.2) is 32.0 Å². The zero-order chi connectivity index (χ0) is 19.8. The van der Waals surface area contributed by atoms with Gasteiger partial charge in [0.25, 0.3) is 5.91 Å². The van der Waals surface area contributed by atoms with Gasteiger partial charge in [-0.25, -0.2) is 0 Å². The molecule has 28 heavy (non-hydrogen) atoms. The number of methoxy groups -OCH3 is 1. The van der Waals surface area contributed by atoms with Crippen molar-refractivity contribution in [3.63, 3.8) is 0 Å². The molecule has 4 rings (SSSR count).